The van der Waals surface area contributed by atoms with Gasteiger partial charge in [0.05, 0.1) is 22.2 Å². The first kappa shape index (κ1) is 19.4. The molecule has 0 aliphatic heterocycles. The lowest BCUT2D eigenvalue weighted by atomic mass is 10.1. The van der Waals surface area contributed by atoms with E-state index in [0.717, 1.165) is 37.7 Å². The molecule has 0 aliphatic carbocycles. The monoisotopic (exact) mass is 499 g/mol. The molecule has 0 saturated carbocycles. The fraction of sp³-hybridized carbons (Fsp3) is 0. The Kier molecular flexibility index (Phi) is 4.29. The topological polar surface area (TPSA) is 30.7 Å². The summed E-state index contributed by atoms with van der Waals surface area (Å²) >= 11 is 3.67. The normalized spacial score (nSPS) is 11.7. The van der Waals surface area contributed by atoms with Crippen molar-refractivity contribution in [3.63, 3.8) is 0 Å². The van der Waals surface area contributed by atoms with Gasteiger partial charge in [0.2, 0.25) is 5.95 Å². The number of nitrogens with zero attached hydrogens (tertiary/aromatic N) is 3. The van der Waals surface area contributed by atoms with Crippen molar-refractivity contribution in [2.75, 3.05) is 0 Å². The summed E-state index contributed by atoms with van der Waals surface area (Å²) in [6.07, 6.45) is 0. The molecule has 3 nitrogen and oxygen atoms in total. The predicted molar refractivity (Wildman–Crippen MR) is 145 cm³/mol. The Labute approximate surface area is 204 Å². The molecule has 0 spiro atoms. The quantitative estimate of drug-likeness (QED) is 0.239. The summed E-state index contributed by atoms with van der Waals surface area (Å²) in [5, 5.41) is 5.79. The number of halogens is 1. The summed E-state index contributed by atoms with van der Waals surface area (Å²) < 4.78 is 3.27. The van der Waals surface area contributed by atoms with Crippen LogP contribution in [0.3, 0.4) is 0 Å². The minimum atomic E-state index is 0.677. The van der Waals surface area contributed by atoms with Crippen molar-refractivity contribution in [1.82, 2.24) is 14.5 Å². The van der Waals surface area contributed by atoms with Crippen LogP contribution in [0.4, 0.5) is 0 Å². The smallest absolute Gasteiger partial charge is 0.235 e. The minimum Gasteiger partial charge on any atom is -0.277 e. The van der Waals surface area contributed by atoms with E-state index in [0.29, 0.717) is 5.95 Å². The molecule has 160 valence electrons. The maximum Gasteiger partial charge on any atom is 0.235 e. The summed E-state index contributed by atoms with van der Waals surface area (Å²) in [6, 6.07) is 37.9. The van der Waals surface area contributed by atoms with Crippen molar-refractivity contribution in [2.45, 2.75) is 0 Å². The highest BCUT2D eigenvalue weighted by molar-refractivity contribution is 9.10. The number of hydrogen-bond donors (Lipinski definition) is 0. The molecule has 7 aromatic rings. The number of fused-ring (bicyclic) bond motifs is 6. The SMILES string of the molecule is Brc1ccc2c(c1)c1ccc3ccccc3c1n2-c1nc(-c2ccccc2)c2ccccc2n1. The van der Waals surface area contributed by atoms with Gasteiger partial charge in [-0.3, -0.25) is 4.57 Å². The third kappa shape index (κ3) is 2.89. The van der Waals surface area contributed by atoms with Gasteiger partial charge in [-0.2, -0.15) is 0 Å². The Hall–Kier alpha value is -4.02. The molecule has 4 heteroatoms. The highest BCUT2D eigenvalue weighted by Gasteiger charge is 2.19. The van der Waals surface area contributed by atoms with Gasteiger partial charge in [0.25, 0.3) is 0 Å². The Bertz CT molecular complexity index is 1870. The van der Waals surface area contributed by atoms with Crippen molar-refractivity contribution in [2.24, 2.45) is 0 Å². The fourth-order valence-electron chi connectivity index (χ4n) is 4.94. The lowest BCUT2D eigenvalue weighted by Gasteiger charge is -2.12. The van der Waals surface area contributed by atoms with Gasteiger partial charge in [-0.25, -0.2) is 9.97 Å². The first-order valence-corrected chi connectivity index (χ1v) is 12.0. The van der Waals surface area contributed by atoms with E-state index in [4.69, 9.17) is 9.97 Å². The van der Waals surface area contributed by atoms with Gasteiger partial charge in [-0.15, -0.1) is 0 Å². The lowest BCUT2D eigenvalue weighted by molar-refractivity contribution is 1.02. The van der Waals surface area contributed by atoms with E-state index in [-0.39, 0.29) is 0 Å². The van der Waals surface area contributed by atoms with E-state index < -0.39 is 0 Å². The average Bonchev–Trinajstić information content (AvgIpc) is 3.22. The molecule has 5 aromatic carbocycles. The number of aromatic nitrogens is 3. The van der Waals surface area contributed by atoms with E-state index in [2.05, 4.69) is 111 Å². The second kappa shape index (κ2) is 7.51. The molecule has 0 N–H and O–H groups in total. The second-order valence-electron chi connectivity index (χ2n) is 8.44. The fourth-order valence-corrected chi connectivity index (χ4v) is 5.30. The molecule has 0 saturated heterocycles. The molecule has 2 aromatic heterocycles. The maximum atomic E-state index is 5.18. The highest BCUT2D eigenvalue weighted by atomic mass is 79.9. The molecule has 0 amide bonds. The van der Waals surface area contributed by atoms with Crippen LogP contribution in [0.1, 0.15) is 0 Å². The maximum absolute atomic E-state index is 5.18. The van der Waals surface area contributed by atoms with Crippen LogP contribution in [0.2, 0.25) is 0 Å². The molecule has 0 radical (unpaired) electrons. The molecule has 2 heterocycles. The van der Waals surface area contributed by atoms with Crippen molar-refractivity contribution in [1.29, 1.82) is 0 Å². The van der Waals surface area contributed by atoms with Gasteiger partial charge in [0, 0.05) is 31.6 Å². The zero-order valence-corrected chi connectivity index (χ0v) is 19.7. The summed E-state index contributed by atoms with van der Waals surface area (Å²) in [5.41, 5.74) is 5.16. The molecule has 0 atom stereocenters. The summed E-state index contributed by atoms with van der Waals surface area (Å²) in [5.74, 6) is 0.677. The zero-order chi connectivity index (χ0) is 22.6. The minimum absolute atomic E-state index is 0.677. The van der Waals surface area contributed by atoms with E-state index in [9.17, 15) is 0 Å². The number of para-hydroxylation sites is 1. The first-order chi connectivity index (χ1) is 16.8. The van der Waals surface area contributed by atoms with E-state index in [1.54, 1.807) is 0 Å². The van der Waals surface area contributed by atoms with Gasteiger partial charge in [-0.1, -0.05) is 101 Å². The van der Waals surface area contributed by atoms with Gasteiger partial charge >= 0.3 is 0 Å². The van der Waals surface area contributed by atoms with Gasteiger partial charge in [0.15, 0.2) is 0 Å². The van der Waals surface area contributed by atoms with Gasteiger partial charge in [-0.05, 0) is 29.7 Å². The van der Waals surface area contributed by atoms with Crippen LogP contribution in [0.15, 0.2) is 114 Å². The summed E-state index contributed by atoms with van der Waals surface area (Å²) in [7, 11) is 0. The highest BCUT2D eigenvalue weighted by Crippen LogP contribution is 2.38. The van der Waals surface area contributed by atoms with E-state index in [1.165, 1.54) is 21.5 Å². The predicted octanol–water partition coefficient (Wildman–Crippen LogP) is 8.31. The van der Waals surface area contributed by atoms with Crippen LogP contribution in [0.25, 0.3) is 60.7 Å². The molecular weight excluding hydrogens is 482 g/mol. The third-order valence-corrected chi connectivity index (χ3v) is 6.95. The van der Waals surface area contributed by atoms with Crippen LogP contribution in [0, 0.1) is 0 Å². The third-order valence-electron chi connectivity index (χ3n) is 6.45. The van der Waals surface area contributed by atoms with Crippen LogP contribution < -0.4 is 0 Å². The number of rotatable bonds is 2. The van der Waals surface area contributed by atoms with E-state index in [1.807, 2.05) is 18.2 Å². The summed E-state index contributed by atoms with van der Waals surface area (Å²) in [6.45, 7) is 0. The van der Waals surface area contributed by atoms with Crippen molar-refractivity contribution in [3.05, 3.63) is 114 Å². The van der Waals surface area contributed by atoms with Crippen molar-refractivity contribution < 1.29 is 0 Å². The van der Waals surface area contributed by atoms with Crippen LogP contribution in [0.5, 0.6) is 0 Å². The Morgan fingerprint density at radius 3 is 2.24 bits per heavy atom. The van der Waals surface area contributed by atoms with Crippen LogP contribution in [-0.2, 0) is 0 Å². The van der Waals surface area contributed by atoms with Crippen molar-refractivity contribution in [3.8, 4) is 17.2 Å². The molecule has 0 bridgehead atoms. The molecule has 0 fully saturated rings. The Morgan fingerprint density at radius 2 is 1.35 bits per heavy atom. The van der Waals surface area contributed by atoms with Gasteiger partial charge in [0.1, 0.15) is 0 Å². The van der Waals surface area contributed by atoms with Crippen molar-refractivity contribution >= 4 is 59.4 Å². The number of hydrogen-bond acceptors (Lipinski definition) is 2. The largest absolute Gasteiger partial charge is 0.277 e. The average molecular weight is 500 g/mol. The Balaban J connectivity index is 1.68. The lowest BCUT2D eigenvalue weighted by Crippen LogP contribution is -2.03. The summed E-state index contributed by atoms with van der Waals surface area (Å²) in [4.78, 5) is 10.3. The zero-order valence-electron chi connectivity index (χ0n) is 18.1. The molecule has 34 heavy (non-hydrogen) atoms. The second-order valence-corrected chi connectivity index (χ2v) is 9.35. The van der Waals surface area contributed by atoms with Crippen LogP contribution in [-0.4, -0.2) is 14.5 Å². The molecule has 0 aliphatic rings. The molecular formula is C30H18BrN3. The van der Waals surface area contributed by atoms with Gasteiger partial charge < -0.3 is 0 Å². The molecule has 7 rings (SSSR count). The first-order valence-electron chi connectivity index (χ1n) is 11.2. The van der Waals surface area contributed by atoms with Crippen LogP contribution >= 0.6 is 15.9 Å². The number of benzene rings is 5. The molecule has 0 unspecified atom stereocenters. The van der Waals surface area contributed by atoms with E-state index >= 15 is 0 Å². The Morgan fingerprint density at radius 1 is 0.588 bits per heavy atom. The standard InChI is InChI=1S/C30H18BrN3/c31-21-15-17-27-25(18-21)23-16-14-19-8-4-5-11-22(19)29(23)34(27)30-32-26-13-7-6-12-24(26)28(33-30)20-9-2-1-3-10-20/h1-18H.